The van der Waals surface area contributed by atoms with Gasteiger partial charge in [-0.1, -0.05) is 0 Å². The molecule has 3 rings (SSSR count). The summed E-state index contributed by atoms with van der Waals surface area (Å²) in [6.07, 6.45) is 4.06. The van der Waals surface area contributed by atoms with Crippen LogP contribution in [-0.4, -0.2) is 23.5 Å². The quantitative estimate of drug-likeness (QED) is 0.748. The maximum Gasteiger partial charge on any atom is 0.408 e. The van der Waals surface area contributed by atoms with Crippen LogP contribution >= 0.6 is 0 Å². The molecule has 0 heterocycles. The minimum Gasteiger partial charge on any atom is -0.444 e. The van der Waals surface area contributed by atoms with Gasteiger partial charge in [-0.15, -0.1) is 0 Å². The van der Waals surface area contributed by atoms with E-state index >= 15 is 0 Å². The van der Waals surface area contributed by atoms with Gasteiger partial charge in [-0.25, -0.2) is 4.79 Å². The Morgan fingerprint density at radius 1 is 1.38 bits per heavy atom. The predicted octanol–water partition coefficient (Wildman–Crippen LogP) is 2.02. The second kappa shape index (κ2) is 3.22. The van der Waals surface area contributed by atoms with Crippen molar-refractivity contribution in [3.8, 4) is 0 Å². The smallest absolute Gasteiger partial charge is 0.408 e. The first-order valence-corrected chi connectivity index (χ1v) is 5.73. The zero-order valence-electron chi connectivity index (χ0n) is 10.1. The molecule has 0 saturated heterocycles. The fourth-order valence-electron chi connectivity index (χ4n) is 3.04. The van der Waals surface area contributed by atoms with Crippen LogP contribution in [0.2, 0.25) is 0 Å². The molecular formula is C12H19NO3. The number of hydrogen-bond donors (Lipinski definition) is 1. The number of nitrogens with one attached hydrogen (secondary N) is 1. The highest BCUT2D eigenvalue weighted by atomic mass is 16.6. The van der Waals surface area contributed by atoms with Gasteiger partial charge in [-0.3, -0.25) is 0 Å². The molecule has 0 spiro atoms. The van der Waals surface area contributed by atoms with Gasteiger partial charge in [-0.05, 0) is 45.4 Å². The summed E-state index contributed by atoms with van der Waals surface area (Å²) in [6.45, 7) is 5.55. The summed E-state index contributed by atoms with van der Waals surface area (Å²) in [5.41, 5.74) is -0.309. The first kappa shape index (κ1) is 11.4. The number of ether oxygens (including phenoxy) is 1. The van der Waals surface area contributed by atoms with Crippen LogP contribution in [0.1, 0.15) is 46.5 Å². The van der Waals surface area contributed by atoms with E-state index in [1.165, 1.54) is 0 Å². The number of alkyl carbamates (subject to hydrolysis) is 1. The lowest BCUT2D eigenvalue weighted by Gasteiger charge is -2.70. The highest BCUT2D eigenvalue weighted by Crippen LogP contribution is 2.68. The van der Waals surface area contributed by atoms with Crippen molar-refractivity contribution in [3.63, 3.8) is 0 Å². The van der Waals surface area contributed by atoms with Gasteiger partial charge in [0.15, 0.2) is 0 Å². The van der Waals surface area contributed by atoms with Gasteiger partial charge < -0.3 is 14.8 Å². The molecule has 4 nitrogen and oxygen atoms in total. The van der Waals surface area contributed by atoms with Crippen molar-refractivity contribution >= 4 is 12.4 Å². The Bertz CT molecular complexity index is 310. The topological polar surface area (TPSA) is 55.4 Å². The van der Waals surface area contributed by atoms with Gasteiger partial charge in [0.2, 0.25) is 0 Å². The number of amides is 1. The third-order valence-corrected chi connectivity index (χ3v) is 3.42. The van der Waals surface area contributed by atoms with Crippen LogP contribution in [0.5, 0.6) is 0 Å². The number of carbonyl (C=O) groups is 2. The van der Waals surface area contributed by atoms with E-state index in [4.69, 9.17) is 4.74 Å². The van der Waals surface area contributed by atoms with E-state index in [9.17, 15) is 9.59 Å². The van der Waals surface area contributed by atoms with E-state index in [1.54, 1.807) is 0 Å². The van der Waals surface area contributed by atoms with E-state index in [0.29, 0.717) is 6.42 Å². The van der Waals surface area contributed by atoms with E-state index in [-0.39, 0.29) is 17.0 Å². The maximum absolute atomic E-state index is 11.6. The molecule has 1 N–H and O–H groups in total. The molecule has 0 radical (unpaired) electrons. The van der Waals surface area contributed by atoms with Crippen molar-refractivity contribution in [2.45, 2.75) is 57.6 Å². The van der Waals surface area contributed by atoms with Crippen molar-refractivity contribution in [2.75, 3.05) is 0 Å². The second-order valence-electron chi connectivity index (χ2n) is 6.31. The molecule has 16 heavy (non-hydrogen) atoms. The molecule has 0 unspecified atom stereocenters. The first-order chi connectivity index (χ1) is 7.28. The molecule has 3 aliphatic carbocycles. The van der Waals surface area contributed by atoms with Crippen LogP contribution in [0.3, 0.4) is 0 Å². The van der Waals surface area contributed by atoms with Gasteiger partial charge >= 0.3 is 6.09 Å². The molecular weight excluding hydrogens is 206 g/mol. The Hall–Kier alpha value is -1.06. The van der Waals surface area contributed by atoms with E-state index in [1.807, 2.05) is 20.8 Å². The minimum absolute atomic E-state index is 0.0641. The van der Waals surface area contributed by atoms with Gasteiger partial charge in [0.25, 0.3) is 0 Å². The summed E-state index contributed by atoms with van der Waals surface area (Å²) < 4.78 is 5.21. The SMILES string of the molecule is CC(C)(C)OC(=O)NC12CC(CC=O)(C1)C2. The van der Waals surface area contributed by atoms with E-state index < -0.39 is 5.60 Å². The maximum atomic E-state index is 11.6. The lowest BCUT2D eigenvalue weighted by Crippen LogP contribution is -2.74. The zero-order valence-corrected chi connectivity index (χ0v) is 10.1. The Labute approximate surface area is 95.7 Å². The molecule has 3 fully saturated rings. The second-order valence-corrected chi connectivity index (χ2v) is 6.31. The molecule has 2 bridgehead atoms. The summed E-state index contributed by atoms with van der Waals surface area (Å²) in [7, 11) is 0. The van der Waals surface area contributed by atoms with Crippen LogP contribution in [0, 0.1) is 5.41 Å². The summed E-state index contributed by atoms with van der Waals surface area (Å²) in [5.74, 6) is 0. The fraction of sp³-hybridized carbons (Fsp3) is 0.833. The van der Waals surface area contributed by atoms with E-state index in [0.717, 1.165) is 25.5 Å². The van der Waals surface area contributed by atoms with Crippen LogP contribution in [0.4, 0.5) is 4.79 Å². The third-order valence-electron chi connectivity index (χ3n) is 3.42. The Morgan fingerprint density at radius 3 is 2.38 bits per heavy atom. The average Bonchev–Trinajstić information content (AvgIpc) is 1.94. The number of hydrogen-bond acceptors (Lipinski definition) is 3. The molecule has 0 aromatic rings. The third kappa shape index (κ3) is 1.93. The van der Waals surface area contributed by atoms with Crippen molar-refractivity contribution in [1.29, 1.82) is 0 Å². The largest absolute Gasteiger partial charge is 0.444 e. The monoisotopic (exact) mass is 225 g/mol. The van der Waals surface area contributed by atoms with Gasteiger partial charge in [-0.2, -0.15) is 0 Å². The standard InChI is InChI=1S/C12H19NO3/c1-10(2,3)16-9(15)13-12-6-11(7-12,8-12)4-5-14/h5H,4,6-8H2,1-3H3,(H,13,15). The molecule has 4 heteroatoms. The normalized spacial score (nSPS) is 35.7. The number of aldehydes is 1. The number of rotatable bonds is 3. The first-order valence-electron chi connectivity index (χ1n) is 5.73. The van der Waals surface area contributed by atoms with Crippen molar-refractivity contribution in [1.82, 2.24) is 5.32 Å². The van der Waals surface area contributed by atoms with Gasteiger partial charge in [0.05, 0.1) is 0 Å². The molecule has 0 aliphatic heterocycles. The van der Waals surface area contributed by atoms with Gasteiger partial charge in [0.1, 0.15) is 11.9 Å². The highest BCUT2D eigenvalue weighted by Gasteiger charge is 2.68. The Morgan fingerprint density at radius 2 is 1.94 bits per heavy atom. The van der Waals surface area contributed by atoms with Crippen LogP contribution in [0.25, 0.3) is 0 Å². The molecule has 1 amide bonds. The summed E-state index contributed by atoms with van der Waals surface area (Å²) >= 11 is 0. The average molecular weight is 225 g/mol. The Balaban J connectivity index is 1.78. The van der Waals surface area contributed by atoms with Crippen LogP contribution < -0.4 is 5.32 Å². The fourth-order valence-corrected chi connectivity index (χ4v) is 3.04. The lowest BCUT2D eigenvalue weighted by atomic mass is 9.38. The van der Waals surface area contributed by atoms with Crippen molar-refractivity contribution in [2.24, 2.45) is 5.41 Å². The number of carbonyl (C=O) groups excluding carboxylic acids is 2. The van der Waals surface area contributed by atoms with Crippen molar-refractivity contribution < 1.29 is 14.3 Å². The Kier molecular flexibility index (Phi) is 2.30. The molecule has 3 aliphatic rings. The van der Waals surface area contributed by atoms with Crippen molar-refractivity contribution in [3.05, 3.63) is 0 Å². The lowest BCUT2D eigenvalue weighted by molar-refractivity contribution is -0.158. The summed E-state index contributed by atoms with van der Waals surface area (Å²) in [4.78, 5) is 22.0. The molecule has 0 aromatic heterocycles. The summed E-state index contributed by atoms with van der Waals surface area (Å²) in [5, 5.41) is 2.92. The van der Waals surface area contributed by atoms with E-state index in [2.05, 4.69) is 5.32 Å². The molecule has 0 atom stereocenters. The molecule has 3 saturated carbocycles. The van der Waals surface area contributed by atoms with Crippen LogP contribution in [0.15, 0.2) is 0 Å². The highest BCUT2D eigenvalue weighted by molar-refractivity contribution is 5.70. The molecule has 90 valence electrons. The minimum atomic E-state index is -0.450. The zero-order chi connectivity index (χ0) is 12.0. The molecule has 0 aromatic carbocycles. The summed E-state index contributed by atoms with van der Waals surface area (Å²) in [6, 6.07) is 0. The van der Waals surface area contributed by atoms with Gasteiger partial charge in [0, 0.05) is 12.0 Å². The predicted molar refractivity (Wildman–Crippen MR) is 59.1 cm³/mol. The van der Waals surface area contributed by atoms with Crippen LogP contribution in [-0.2, 0) is 9.53 Å².